The standard InChI is InChI=1S/C7H12N3O.Rh/c1-9-3-7(4-9)6(11)10(2)5-8-7;/h3-5H2,1-2H3;/q-1;+1. The quantitative estimate of drug-likeness (QED) is 0.513. The van der Waals surface area contributed by atoms with Crippen molar-refractivity contribution in [3.63, 3.8) is 0 Å². The van der Waals surface area contributed by atoms with Gasteiger partial charge in [0.1, 0.15) is 0 Å². The molecule has 2 fully saturated rings. The first-order chi connectivity index (χ1) is 5.56. The summed E-state index contributed by atoms with van der Waals surface area (Å²) in [7, 11) is 3.88. The Hall–Kier alpha value is 0.0134. The van der Waals surface area contributed by atoms with Gasteiger partial charge in [-0.25, -0.2) is 0 Å². The second kappa shape index (κ2) is 2.50. The second-order valence-electron chi connectivity index (χ2n) is 3.69. The molecule has 0 atom stereocenters. The molecule has 1 amide bonds. The maximum atomic E-state index is 11.7. The third kappa shape index (κ3) is 0.903. The molecule has 0 N–H and O–H groups in total. The fourth-order valence-electron chi connectivity index (χ4n) is 1.96. The topological polar surface area (TPSA) is 26.8 Å². The summed E-state index contributed by atoms with van der Waals surface area (Å²) in [5, 5.41) is 0. The molecule has 1 spiro atoms. The van der Waals surface area contributed by atoms with Crippen molar-refractivity contribution in [1.82, 2.24) is 13.4 Å². The van der Waals surface area contributed by atoms with Crippen molar-refractivity contribution in [1.29, 1.82) is 0 Å². The van der Waals surface area contributed by atoms with E-state index in [0.717, 1.165) is 19.8 Å². The maximum absolute atomic E-state index is 11.7. The third-order valence-corrected chi connectivity index (χ3v) is 3.52. The van der Waals surface area contributed by atoms with Gasteiger partial charge in [0.2, 0.25) is 0 Å². The Balaban J connectivity index is 2.20. The average molecular weight is 257 g/mol. The molecular formula is C7H12N3ORh. The van der Waals surface area contributed by atoms with Crippen LogP contribution in [0.15, 0.2) is 0 Å². The van der Waals surface area contributed by atoms with Gasteiger partial charge in [-0.2, -0.15) is 0 Å². The number of likely N-dealkylation sites (N-methyl/N-ethyl adjacent to an activating group) is 2. The molecule has 0 saturated carbocycles. The average Bonchev–Trinajstić information content (AvgIpc) is 2.13. The van der Waals surface area contributed by atoms with Crippen LogP contribution in [0.4, 0.5) is 0 Å². The molecule has 5 heteroatoms. The Morgan fingerprint density at radius 1 is 1.42 bits per heavy atom. The predicted molar refractivity (Wildman–Crippen MR) is 39.7 cm³/mol. The van der Waals surface area contributed by atoms with Crippen LogP contribution in [-0.2, 0) is 23.3 Å². The zero-order chi connectivity index (χ0) is 8.93. The zero-order valence-corrected chi connectivity index (χ0v) is 8.84. The molecule has 0 unspecified atom stereocenters. The summed E-state index contributed by atoms with van der Waals surface area (Å²) in [4.78, 5) is 15.6. The zero-order valence-electron chi connectivity index (χ0n) is 7.20. The fraction of sp³-hybridized carbons (Fsp3) is 0.857. The normalized spacial score (nSPS) is 30.0. The first-order valence-corrected chi connectivity index (χ1v) is 4.65. The molecule has 0 radical (unpaired) electrons. The molecule has 70 valence electrons. The van der Waals surface area contributed by atoms with Crippen molar-refractivity contribution >= 4 is 5.91 Å². The summed E-state index contributed by atoms with van der Waals surface area (Å²) < 4.78 is 2.04. The van der Waals surface area contributed by atoms with E-state index in [0.29, 0.717) is 0 Å². The monoisotopic (exact) mass is 257 g/mol. The Bertz CT molecular complexity index is 227. The van der Waals surface area contributed by atoms with Crippen LogP contribution >= 0.6 is 0 Å². The van der Waals surface area contributed by atoms with Crippen LogP contribution < -0.4 is 0 Å². The molecule has 4 nitrogen and oxygen atoms in total. The van der Waals surface area contributed by atoms with Crippen molar-refractivity contribution in [2.24, 2.45) is 0 Å². The number of carbonyl (C=O) groups is 1. The molecule has 2 heterocycles. The van der Waals surface area contributed by atoms with Gasteiger partial charge in [0.25, 0.3) is 0 Å². The first kappa shape index (κ1) is 8.60. The summed E-state index contributed by atoms with van der Waals surface area (Å²) >= 11 is 2.85. The molecule has 0 aromatic heterocycles. The Labute approximate surface area is 82.4 Å². The van der Waals surface area contributed by atoms with E-state index in [1.54, 1.807) is 4.90 Å². The molecular weight excluding hydrogens is 245 g/mol. The van der Waals surface area contributed by atoms with Gasteiger partial charge >= 0.3 is 82.1 Å². The Morgan fingerprint density at radius 2 is 2.00 bits per heavy atom. The van der Waals surface area contributed by atoms with Gasteiger partial charge in [0.05, 0.1) is 0 Å². The van der Waals surface area contributed by atoms with E-state index in [2.05, 4.69) is 23.4 Å². The van der Waals surface area contributed by atoms with Gasteiger partial charge in [0, 0.05) is 0 Å². The number of rotatable bonds is 0. The number of likely N-dealkylation sites (tertiary alicyclic amines) is 1. The first-order valence-electron chi connectivity index (χ1n) is 3.92. The molecule has 0 bridgehead atoms. The molecule has 2 rings (SSSR count). The number of amides is 1. The molecule has 0 aromatic carbocycles. The van der Waals surface area contributed by atoms with Crippen molar-refractivity contribution < 1.29 is 23.3 Å². The minimum absolute atomic E-state index is 0.226. The van der Waals surface area contributed by atoms with E-state index in [4.69, 9.17) is 0 Å². The minimum atomic E-state index is -0.226. The Kier molecular flexibility index (Phi) is 1.79. The SMILES string of the molecule is CN1CC2(C1)C(=O)N(C)C[N]2[Rh]. The van der Waals surface area contributed by atoms with Crippen molar-refractivity contribution in [2.45, 2.75) is 5.54 Å². The van der Waals surface area contributed by atoms with Crippen LogP contribution in [0.3, 0.4) is 0 Å². The molecule has 12 heavy (non-hydrogen) atoms. The van der Waals surface area contributed by atoms with Crippen LogP contribution in [0.2, 0.25) is 0 Å². The van der Waals surface area contributed by atoms with Gasteiger partial charge < -0.3 is 0 Å². The van der Waals surface area contributed by atoms with Crippen molar-refractivity contribution in [2.75, 3.05) is 33.9 Å². The number of hydrogen-bond donors (Lipinski definition) is 0. The van der Waals surface area contributed by atoms with E-state index >= 15 is 0 Å². The van der Waals surface area contributed by atoms with Crippen LogP contribution in [0.5, 0.6) is 0 Å². The Morgan fingerprint density at radius 3 is 2.33 bits per heavy atom. The van der Waals surface area contributed by atoms with E-state index in [-0.39, 0.29) is 11.4 Å². The van der Waals surface area contributed by atoms with Gasteiger partial charge in [0.15, 0.2) is 0 Å². The van der Waals surface area contributed by atoms with E-state index in [9.17, 15) is 4.79 Å². The second-order valence-corrected chi connectivity index (χ2v) is 4.57. The molecule has 2 saturated heterocycles. The van der Waals surface area contributed by atoms with E-state index in [1.165, 1.54) is 0 Å². The van der Waals surface area contributed by atoms with Crippen LogP contribution in [-0.4, -0.2) is 58.7 Å². The third-order valence-electron chi connectivity index (χ3n) is 2.58. The summed E-state index contributed by atoms with van der Waals surface area (Å²) in [5.41, 5.74) is -0.226. The number of carbonyl (C=O) groups excluding carboxylic acids is 1. The van der Waals surface area contributed by atoms with E-state index < -0.39 is 0 Å². The summed E-state index contributed by atoms with van der Waals surface area (Å²) in [6, 6.07) is 0. The van der Waals surface area contributed by atoms with E-state index in [1.807, 2.05) is 17.7 Å². The van der Waals surface area contributed by atoms with Gasteiger partial charge in [-0.1, -0.05) is 0 Å². The van der Waals surface area contributed by atoms with Gasteiger partial charge in [-0.05, 0) is 0 Å². The van der Waals surface area contributed by atoms with Crippen LogP contribution in [0, 0.1) is 0 Å². The summed E-state index contributed by atoms with van der Waals surface area (Å²) in [6.07, 6.45) is 0. The van der Waals surface area contributed by atoms with Crippen molar-refractivity contribution in [3.05, 3.63) is 0 Å². The molecule has 2 aliphatic rings. The van der Waals surface area contributed by atoms with Gasteiger partial charge in [-0.3, -0.25) is 0 Å². The van der Waals surface area contributed by atoms with Gasteiger partial charge in [-0.15, -0.1) is 0 Å². The van der Waals surface area contributed by atoms with Crippen LogP contribution in [0.1, 0.15) is 0 Å². The van der Waals surface area contributed by atoms with Crippen LogP contribution in [0.25, 0.3) is 0 Å². The molecule has 0 aromatic rings. The summed E-state index contributed by atoms with van der Waals surface area (Å²) in [6.45, 7) is 2.43. The molecule has 0 aliphatic carbocycles. The molecule has 2 aliphatic heterocycles. The predicted octanol–water partition coefficient (Wildman–Crippen LogP) is -1.14. The van der Waals surface area contributed by atoms with Crippen molar-refractivity contribution in [3.8, 4) is 0 Å². The fourth-order valence-corrected chi connectivity index (χ4v) is 2.70. The number of nitrogens with zero attached hydrogens (tertiary/aromatic N) is 3. The summed E-state index contributed by atoms with van der Waals surface area (Å²) in [5.74, 6) is 0.253. The number of hydrogen-bond acceptors (Lipinski definition) is 3.